The third-order valence-electron chi connectivity index (χ3n) is 0.915. The first-order valence-electron chi connectivity index (χ1n) is 2.60. The molecule has 0 saturated carbocycles. The van der Waals surface area contributed by atoms with Crippen LogP contribution < -0.4 is 0 Å². The van der Waals surface area contributed by atoms with Crippen molar-refractivity contribution in [2.75, 3.05) is 0 Å². The predicted molar refractivity (Wildman–Crippen MR) is 30.8 cm³/mol. The molecule has 0 atom stereocenters. The van der Waals surface area contributed by atoms with E-state index in [2.05, 4.69) is 10.3 Å². The van der Waals surface area contributed by atoms with E-state index in [9.17, 15) is 4.79 Å². The molecule has 5 heteroatoms. The van der Waals surface area contributed by atoms with Crippen LogP contribution in [0.3, 0.4) is 0 Å². The monoisotopic (exact) mass is 136 g/mol. The van der Waals surface area contributed by atoms with Crippen molar-refractivity contribution >= 4 is 6.29 Å². The Morgan fingerprint density at radius 3 is 3.20 bits per heavy atom. The number of hydrogen-bond acceptors (Lipinski definition) is 4. The van der Waals surface area contributed by atoms with Crippen molar-refractivity contribution in [1.82, 2.24) is 15.0 Å². The van der Waals surface area contributed by atoms with E-state index < -0.39 is 0 Å². The van der Waals surface area contributed by atoms with Gasteiger partial charge in [-0.3, -0.25) is 0 Å². The molecule has 0 spiro atoms. The fraction of sp³-hybridized carbons (Fsp3) is 0.200. The van der Waals surface area contributed by atoms with Gasteiger partial charge in [-0.25, -0.2) is 4.68 Å². The summed E-state index contributed by atoms with van der Waals surface area (Å²) in [5.74, 6) is 0. The van der Waals surface area contributed by atoms with Gasteiger partial charge < -0.3 is 4.79 Å². The fourth-order valence-corrected chi connectivity index (χ4v) is 0.515. The maximum Gasteiger partial charge on any atom is 0.182 e. The first-order valence-corrected chi connectivity index (χ1v) is 2.60. The fourth-order valence-electron chi connectivity index (χ4n) is 0.515. The molecular weight excluding hydrogens is 132 g/mol. The Morgan fingerprint density at radius 1 is 1.90 bits per heavy atom. The average Bonchev–Trinajstić information content (AvgIpc) is 2.37. The summed E-state index contributed by atoms with van der Waals surface area (Å²) >= 11 is 0. The smallest absolute Gasteiger partial charge is 0.182 e. The summed E-state index contributed by atoms with van der Waals surface area (Å²) < 4.78 is 1.30. The Balaban J connectivity index is 2.80. The van der Waals surface area contributed by atoms with E-state index in [1.54, 1.807) is 6.07 Å². The lowest BCUT2D eigenvalue weighted by Crippen LogP contribution is -1.98. The maximum atomic E-state index is 9.90. The van der Waals surface area contributed by atoms with Crippen LogP contribution in [-0.2, 0) is 11.3 Å². The van der Waals surface area contributed by atoms with E-state index in [-0.39, 0.29) is 12.2 Å². The molecule has 0 saturated heterocycles. The molecule has 0 bridgehead atoms. The van der Waals surface area contributed by atoms with Crippen LogP contribution in [0.4, 0.5) is 0 Å². The molecule has 1 heterocycles. The standard InChI is InChI=1S/C5H4N4O/c6-3-5-4-9(1-2-10)8-7-5/h2,4H,1H2. The Morgan fingerprint density at radius 2 is 2.70 bits per heavy atom. The second-order valence-electron chi connectivity index (χ2n) is 1.60. The van der Waals surface area contributed by atoms with Crippen molar-refractivity contribution in [2.24, 2.45) is 0 Å². The third-order valence-corrected chi connectivity index (χ3v) is 0.915. The lowest BCUT2D eigenvalue weighted by molar-refractivity contribution is -0.108. The van der Waals surface area contributed by atoms with E-state index in [0.717, 1.165) is 0 Å². The second-order valence-corrected chi connectivity index (χ2v) is 1.60. The zero-order chi connectivity index (χ0) is 7.40. The summed E-state index contributed by atoms with van der Waals surface area (Å²) in [6.45, 7) is 0.147. The predicted octanol–water partition coefficient (Wildman–Crippen LogP) is -0.651. The van der Waals surface area contributed by atoms with Gasteiger partial charge in [-0.1, -0.05) is 5.21 Å². The van der Waals surface area contributed by atoms with Crippen LogP contribution >= 0.6 is 0 Å². The minimum Gasteiger partial charge on any atom is -0.301 e. The van der Waals surface area contributed by atoms with E-state index in [4.69, 9.17) is 5.26 Å². The second kappa shape index (κ2) is 2.73. The lowest BCUT2D eigenvalue weighted by atomic mass is 10.5. The number of aldehydes is 1. The SMILES string of the molecule is N#Cc1cn(CC=O)nn1. The number of nitrogens with zero attached hydrogens (tertiary/aromatic N) is 4. The summed E-state index contributed by atoms with van der Waals surface area (Å²) in [6, 6.07) is 1.80. The highest BCUT2D eigenvalue weighted by molar-refractivity contribution is 5.48. The van der Waals surface area contributed by atoms with Crippen LogP contribution in [-0.4, -0.2) is 21.3 Å². The molecule has 0 aliphatic carbocycles. The van der Waals surface area contributed by atoms with Crippen molar-refractivity contribution in [1.29, 1.82) is 5.26 Å². The van der Waals surface area contributed by atoms with Crippen molar-refractivity contribution in [3.05, 3.63) is 11.9 Å². The first-order chi connectivity index (χ1) is 4.86. The van der Waals surface area contributed by atoms with Gasteiger partial charge in [0, 0.05) is 0 Å². The van der Waals surface area contributed by atoms with E-state index in [0.29, 0.717) is 6.29 Å². The molecular formula is C5H4N4O. The third kappa shape index (κ3) is 1.17. The van der Waals surface area contributed by atoms with Gasteiger partial charge in [0.15, 0.2) is 5.69 Å². The molecule has 0 aromatic carbocycles. The molecule has 0 amide bonds. The molecule has 0 N–H and O–H groups in total. The van der Waals surface area contributed by atoms with Gasteiger partial charge in [-0.05, 0) is 0 Å². The summed E-state index contributed by atoms with van der Waals surface area (Å²) in [7, 11) is 0. The molecule has 50 valence electrons. The zero-order valence-corrected chi connectivity index (χ0v) is 5.06. The number of carbonyl (C=O) groups excluding carboxylic acids is 1. The minimum atomic E-state index is 0.147. The normalized spacial score (nSPS) is 8.70. The molecule has 10 heavy (non-hydrogen) atoms. The van der Waals surface area contributed by atoms with Crippen LogP contribution in [0.25, 0.3) is 0 Å². The van der Waals surface area contributed by atoms with Crippen LogP contribution in [0.1, 0.15) is 5.69 Å². The van der Waals surface area contributed by atoms with Gasteiger partial charge >= 0.3 is 0 Å². The largest absolute Gasteiger partial charge is 0.301 e. The highest BCUT2D eigenvalue weighted by Crippen LogP contribution is 1.87. The van der Waals surface area contributed by atoms with Gasteiger partial charge in [-0.15, -0.1) is 5.10 Å². The molecule has 1 rings (SSSR count). The van der Waals surface area contributed by atoms with Gasteiger partial charge in [-0.2, -0.15) is 5.26 Å². The minimum absolute atomic E-state index is 0.147. The van der Waals surface area contributed by atoms with Crippen molar-refractivity contribution in [3.63, 3.8) is 0 Å². The number of aromatic nitrogens is 3. The van der Waals surface area contributed by atoms with Crippen LogP contribution in [0, 0.1) is 11.3 Å². The Labute approximate surface area is 56.9 Å². The summed E-state index contributed by atoms with van der Waals surface area (Å²) in [6.07, 6.45) is 2.10. The molecule has 1 aromatic rings. The molecule has 1 aromatic heterocycles. The summed E-state index contributed by atoms with van der Waals surface area (Å²) in [5, 5.41) is 15.2. The van der Waals surface area contributed by atoms with Gasteiger partial charge in [0.05, 0.1) is 12.7 Å². The van der Waals surface area contributed by atoms with Gasteiger partial charge in [0.2, 0.25) is 0 Å². The van der Waals surface area contributed by atoms with Crippen molar-refractivity contribution in [2.45, 2.75) is 6.54 Å². The average molecular weight is 136 g/mol. The van der Waals surface area contributed by atoms with Crippen LogP contribution in [0.5, 0.6) is 0 Å². The highest BCUT2D eigenvalue weighted by atomic mass is 16.1. The lowest BCUT2D eigenvalue weighted by Gasteiger charge is -1.84. The Hall–Kier alpha value is -1.70. The summed E-state index contributed by atoms with van der Waals surface area (Å²) in [5.41, 5.74) is 0.224. The molecule has 0 radical (unpaired) electrons. The van der Waals surface area contributed by atoms with Crippen molar-refractivity contribution in [3.8, 4) is 6.07 Å². The van der Waals surface area contributed by atoms with E-state index in [1.165, 1.54) is 10.9 Å². The molecule has 5 nitrogen and oxygen atoms in total. The number of rotatable bonds is 2. The Bertz CT molecular complexity index is 271. The zero-order valence-electron chi connectivity index (χ0n) is 5.06. The molecule has 0 fully saturated rings. The molecule has 0 unspecified atom stereocenters. The maximum absolute atomic E-state index is 9.90. The van der Waals surface area contributed by atoms with Crippen LogP contribution in [0.2, 0.25) is 0 Å². The molecule has 0 aliphatic rings. The topological polar surface area (TPSA) is 71.6 Å². The number of carbonyl (C=O) groups is 1. The van der Waals surface area contributed by atoms with Gasteiger partial charge in [0.1, 0.15) is 12.4 Å². The van der Waals surface area contributed by atoms with E-state index in [1.807, 2.05) is 0 Å². The highest BCUT2D eigenvalue weighted by Gasteiger charge is 1.95. The van der Waals surface area contributed by atoms with Crippen molar-refractivity contribution < 1.29 is 4.79 Å². The molecule has 0 aliphatic heterocycles. The quantitative estimate of drug-likeness (QED) is 0.506. The first kappa shape index (κ1) is 6.42. The Kier molecular flexibility index (Phi) is 1.75. The number of nitriles is 1. The number of hydrogen-bond donors (Lipinski definition) is 0. The van der Waals surface area contributed by atoms with E-state index >= 15 is 0 Å². The summed E-state index contributed by atoms with van der Waals surface area (Å²) in [4.78, 5) is 9.90. The van der Waals surface area contributed by atoms with Gasteiger partial charge in [0.25, 0.3) is 0 Å². The van der Waals surface area contributed by atoms with Crippen LogP contribution in [0.15, 0.2) is 6.20 Å².